The molecule has 1 heterocycles. The molecule has 0 fully saturated rings. The molecule has 0 spiro atoms. The maximum Gasteiger partial charge on any atom is 0.404 e. The molecule has 1 atom stereocenters. The van der Waals surface area contributed by atoms with Crippen LogP contribution in [0, 0.1) is 28.8 Å². The molecule has 0 bridgehead atoms. The third-order valence-electron chi connectivity index (χ3n) is 3.87. The molecule has 0 aliphatic heterocycles. The Morgan fingerprint density at radius 1 is 1.20 bits per heavy atom. The first-order chi connectivity index (χ1) is 13.7. The number of hydrogen-bond acceptors (Lipinski definition) is 4. The number of halogens is 6. The van der Waals surface area contributed by atoms with Crippen molar-refractivity contribution in [3.05, 3.63) is 47.0 Å². The monoisotopic (exact) mass is 454 g/mol. The van der Waals surface area contributed by atoms with Gasteiger partial charge in [-0.2, -0.15) is 23.2 Å². The number of alkyl halides is 3. The lowest BCUT2D eigenvalue weighted by atomic mass is 10.2. The molecule has 2 aromatic rings. The van der Waals surface area contributed by atoms with Crippen molar-refractivity contribution in [3.8, 4) is 6.07 Å². The van der Waals surface area contributed by atoms with Crippen LogP contribution in [0.2, 0.25) is 0 Å². The van der Waals surface area contributed by atoms with E-state index in [0.717, 1.165) is 13.1 Å². The van der Waals surface area contributed by atoms with E-state index in [-0.39, 0.29) is 0 Å². The summed E-state index contributed by atoms with van der Waals surface area (Å²) >= 11 is 0. The normalized spacial score (nSPS) is 13.0. The Labute approximate surface area is 166 Å². The molecule has 1 aromatic carbocycles. The first kappa shape index (κ1) is 23.2. The minimum atomic E-state index is -5.02. The van der Waals surface area contributed by atoms with Crippen LogP contribution in [0.25, 0.3) is 0 Å². The van der Waals surface area contributed by atoms with Gasteiger partial charge in [-0.05, 0) is 19.1 Å². The molecule has 0 saturated carbocycles. The summed E-state index contributed by atoms with van der Waals surface area (Å²) in [6.07, 6.45) is -4.39. The highest BCUT2D eigenvalue weighted by atomic mass is 32.2. The van der Waals surface area contributed by atoms with Crippen LogP contribution in [-0.4, -0.2) is 31.1 Å². The van der Waals surface area contributed by atoms with Gasteiger partial charge in [0.15, 0.2) is 11.6 Å². The van der Waals surface area contributed by atoms with Gasteiger partial charge in [-0.15, -0.1) is 0 Å². The van der Waals surface area contributed by atoms with Crippen molar-refractivity contribution in [3.63, 3.8) is 0 Å². The molecule has 0 radical (unpaired) electrons. The zero-order chi connectivity index (χ0) is 23.0. The second kappa shape index (κ2) is 8.00. The summed E-state index contributed by atoms with van der Waals surface area (Å²) in [7, 11) is -4.00. The highest BCUT2D eigenvalue weighted by Crippen LogP contribution is 2.26. The van der Waals surface area contributed by atoms with E-state index in [1.807, 2.05) is 5.32 Å². The van der Waals surface area contributed by atoms with Gasteiger partial charge >= 0.3 is 6.18 Å². The number of rotatable bonds is 5. The second-order valence-electron chi connectivity index (χ2n) is 6.00. The van der Waals surface area contributed by atoms with E-state index in [0.29, 0.717) is 23.8 Å². The average Bonchev–Trinajstić information content (AvgIpc) is 2.92. The van der Waals surface area contributed by atoms with Gasteiger partial charge in [-0.1, -0.05) is 0 Å². The van der Waals surface area contributed by atoms with Crippen LogP contribution in [0.1, 0.15) is 23.0 Å². The topological polar surface area (TPSA) is 104 Å². The van der Waals surface area contributed by atoms with Crippen molar-refractivity contribution in [1.29, 1.82) is 5.26 Å². The fourth-order valence-corrected chi connectivity index (χ4v) is 3.67. The summed E-state index contributed by atoms with van der Waals surface area (Å²) < 4.78 is 106. The standard InChI is InChI=1S/C16H12F6N4O3S/c1-7(16(20,21)22)25-30(28,29)11-6-26(2)14(13(11)19)15(27)24-10-4-3-9(17)8(5-23)12(10)18/h3-4,6-7,25H,1-2H3,(H,24,27). The number of nitrogens with one attached hydrogen (secondary N) is 2. The molecule has 0 aliphatic rings. The Morgan fingerprint density at radius 2 is 1.80 bits per heavy atom. The number of carbonyl (C=O) groups excluding carboxylic acids is 1. The Kier molecular flexibility index (Phi) is 6.19. The third kappa shape index (κ3) is 4.41. The second-order valence-corrected chi connectivity index (χ2v) is 7.68. The van der Waals surface area contributed by atoms with Crippen LogP contribution in [0.3, 0.4) is 0 Å². The minimum Gasteiger partial charge on any atom is -0.343 e. The van der Waals surface area contributed by atoms with E-state index < -0.39 is 67.4 Å². The fourth-order valence-electron chi connectivity index (χ4n) is 2.31. The molecule has 2 rings (SSSR count). The van der Waals surface area contributed by atoms with Gasteiger partial charge in [0, 0.05) is 13.2 Å². The number of amides is 1. The van der Waals surface area contributed by atoms with Gasteiger partial charge in [0.2, 0.25) is 10.0 Å². The predicted octanol–water partition coefficient (Wildman–Crippen LogP) is 2.80. The first-order valence-electron chi connectivity index (χ1n) is 7.84. The number of benzene rings is 1. The largest absolute Gasteiger partial charge is 0.404 e. The van der Waals surface area contributed by atoms with Crippen LogP contribution < -0.4 is 10.0 Å². The van der Waals surface area contributed by atoms with Crippen molar-refractivity contribution in [1.82, 2.24) is 9.29 Å². The number of sulfonamides is 1. The van der Waals surface area contributed by atoms with Gasteiger partial charge < -0.3 is 9.88 Å². The van der Waals surface area contributed by atoms with E-state index in [1.54, 1.807) is 0 Å². The molecule has 30 heavy (non-hydrogen) atoms. The van der Waals surface area contributed by atoms with Crippen molar-refractivity contribution < 1.29 is 39.6 Å². The van der Waals surface area contributed by atoms with Gasteiger partial charge in [0.25, 0.3) is 5.91 Å². The number of aryl methyl sites for hydroxylation is 1. The Bertz CT molecular complexity index is 1150. The molecule has 162 valence electrons. The van der Waals surface area contributed by atoms with Crippen LogP contribution in [0.15, 0.2) is 23.2 Å². The van der Waals surface area contributed by atoms with Crippen molar-refractivity contribution in [2.75, 3.05) is 5.32 Å². The first-order valence-corrected chi connectivity index (χ1v) is 9.32. The molecule has 1 unspecified atom stereocenters. The summed E-state index contributed by atoms with van der Waals surface area (Å²) in [5, 5.41) is 10.6. The van der Waals surface area contributed by atoms with Crippen molar-refractivity contribution >= 4 is 21.6 Å². The molecule has 0 aliphatic carbocycles. The maximum absolute atomic E-state index is 14.6. The molecule has 1 aromatic heterocycles. The van der Waals surface area contributed by atoms with E-state index in [4.69, 9.17) is 5.26 Å². The highest BCUT2D eigenvalue weighted by molar-refractivity contribution is 7.89. The van der Waals surface area contributed by atoms with Gasteiger partial charge in [0.1, 0.15) is 34.1 Å². The predicted molar refractivity (Wildman–Crippen MR) is 90.2 cm³/mol. The number of hydrogen-bond donors (Lipinski definition) is 2. The zero-order valence-corrected chi connectivity index (χ0v) is 15.9. The Hall–Kier alpha value is -3.05. The Morgan fingerprint density at radius 3 is 2.33 bits per heavy atom. The van der Waals surface area contributed by atoms with Crippen LogP contribution >= 0.6 is 0 Å². The number of nitriles is 1. The Balaban J connectivity index is 2.41. The van der Waals surface area contributed by atoms with E-state index >= 15 is 0 Å². The molecular weight excluding hydrogens is 442 g/mol. The lowest BCUT2D eigenvalue weighted by molar-refractivity contribution is -0.147. The average molecular weight is 454 g/mol. The number of nitrogens with zero attached hydrogens (tertiary/aromatic N) is 2. The minimum absolute atomic E-state index is 0.496. The lowest BCUT2D eigenvalue weighted by Crippen LogP contribution is -2.43. The van der Waals surface area contributed by atoms with E-state index in [1.165, 1.54) is 10.8 Å². The molecular formula is C16H12F6N4O3S. The summed E-state index contributed by atoms with van der Waals surface area (Å²) in [5.74, 6) is -5.75. The smallest absolute Gasteiger partial charge is 0.343 e. The summed E-state index contributed by atoms with van der Waals surface area (Å²) in [6, 6.07) is 0.0977. The summed E-state index contributed by atoms with van der Waals surface area (Å²) in [6.45, 7) is 0.496. The number of aromatic nitrogens is 1. The lowest BCUT2D eigenvalue weighted by Gasteiger charge is -2.16. The van der Waals surface area contributed by atoms with Crippen molar-refractivity contribution in [2.24, 2.45) is 7.05 Å². The molecule has 1 amide bonds. The van der Waals surface area contributed by atoms with Crippen LogP contribution in [0.5, 0.6) is 0 Å². The van der Waals surface area contributed by atoms with E-state index in [9.17, 15) is 39.6 Å². The molecule has 0 saturated heterocycles. The summed E-state index contributed by atoms with van der Waals surface area (Å²) in [5.41, 5.74) is -2.68. The van der Waals surface area contributed by atoms with Gasteiger partial charge in [0.05, 0.1) is 5.69 Å². The molecule has 14 heteroatoms. The third-order valence-corrected chi connectivity index (χ3v) is 5.39. The quantitative estimate of drug-likeness (QED) is 0.678. The highest BCUT2D eigenvalue weighted by Gasteiger charge is 2.40. The molecule has 2 N–H and O–H groups in total. The number of carbonyl (C=O) groups is 1. The van der Waals surface area contributed by atoms with Gasteiger partial charge in [-0.3, -0.25) is 4.79 Å². The zero-order valence-electron chi connectivity index (χ0n) is 15.1. The number of anilines is 1. The van der Waals surface area contributed by atoms with E-state index in [2.05, 4.69) is 0 Å². The SMILES string of the molecule is CC(NS(=O)(=O)c1cn(C)c(C(=O)Nc2ccc(F)c(C#N)c2F)c1F)C(F)(F)F. The fraction of sp³-hybridized carbons (Fsp3) is 0.250. The van der Waals surface area contributed by atoms with Gasteiger partial charge in [-0.25, -0.2) is 21.6 Å². The molecule has 7 nitrogen and oxygen atoms in total. The van der Waals surface area contributed by atoms with Crippen LogP contribution in [-0.2, 0) is 17.1 Å². The maximum atomic E-state index is 14.6. The van der Waals surface area contributed by atoms with Crippen LogP contribution in [0.4, 0.5) is 32.0 Å². The summed E-state index contributed by atoms with van der Waals surface area (Å²) in [4.78, 5) is 11.1. The van der Waals surface area contributed by atoms with Crippen molar-refractivity contribution in [2.45, 2.75) is 24.0 Å².